The third-order valence-corrected chi connectivity index (χ3v) is 6.86. The molecule has 2 aliphatic heterocycles. The van der Waals surface area contributed by atoms with Crippen molar-refractivity contribution in [1.82, 2.24) is 9.80 Å². The van der Waals surface area contributed by atoms with Crippen molar-refractivity contribution in [3.8, 4) is 11.5 Å². The lowest BCUT2D eigenvalue weighted by Gasteiger charge is -2.36. The molecule has 6 nitrogen and oxygen atoms in total. The van der Waals surface area contributed by atoms with Crippen molar-refractivity contribution in [3.05, 3.63) is 23.8 Å². The molecule has 0 N–H and O–H groups in total. The summed E-state index contributed by atoms with van der Waals surface area (Å²) in [5, 5.41) is 0. The second-order valence-corrected chi connectivity index (χ2v) is 8.38. The van der Waals surface area contributed by atoms with Gasteiger partial charge in [0.1, 0.15) is 0 Å². The molecule has 3 fully saturated rings. The van der Waals surface area contributed by atoms with E-state index in [1.165, 1.54) is 25.7 Å². The predicted molar refractivity (Wildman–Crippen MR) is 98.6 cm³/mol. The fourth-order valence-electron chi connectivity index (χ4n) is 5.35. The van der Waals surface area contributed by atoms with Crippen molar-refractivity contribution >= 4 is 11.8 Å². The van der Waals surface area contributed by atoms with E-state index in [9.17, 15) is 9.59 Å². The lowest BCUT2D eigenvalue weighted by atomic mass is 9.86. The minimum atomic E-state index is -0.00602. The van der Waals surface area contributed by atoms with Crippen LogP contribution in [0.4, 0.5) is 0 Å². The smallest absolute Gasteiger partial charge is 0.254 e. The Morgan fingerprint density at radius 3 is 2.48 bits per heavy atom. The van der Waals surface area contributed by atoms with Crippen LogP contribution in [0.5, 0.6) is 11.5 Å². The number of carbonyl (C=O) groups is 2. The molecule has 144 valence electrons. The van der Waals surface area contributed by atoms with Crippen molar-refractivity contribution in [3.63, 3.8) is 0 Å². The summed E-state index contributed by atoms with van der Waals surface area (Å²) in [5.74, 6) is 3.85. The second-order valence-electron chi connectivity index (χ2n) is 8.38. The maximum atomic E-state index is 12.8. The number of carbonyl (C=O) groups excluding carboxylic acids is 2. The first kappa shape index (κ1) is 16.9. The molecule has 1 saturated heterocycles. The Kier molecular flexibility index (Phi) is 4.21. The molecule has 6 heteroatoms. The Bertz CT molecular complexity index is 757. The highest BCUT2D eigenvalue weighted by atomic mass is 16.7. The average molecular weight is 370 g/mol. The monoisotopic (exact) mass is 370 g/mol. The van der Waals surface area contributed by atoms with Gasteiger partial charge < -0.3 is 19.3 Å². The summed E-state index contributed by atoms with van der Waals surface area (Å²) >= 11 is 0. The third-order valence-electron chi connectivity index (χ3n) is 6.86. The van der Waals surface area contributed by atoms with Crippen LogP contribution in [-0.2, 0) is 4.79 Å². The molecule has 27 heavy (non-hydrogen) atoms. The summed E-state index contributed by atoms with van der Waals surface area (Å²) in [7, 11) is 0. The minimum Gasteiger partial charge on any atom is -0.454 e. The van der Waals surface area contributed by atoms with Gasteiger partial charge in [-0.3, -0.25) is 9.59 Å². The number of hydrogen-bond acceptors (Lipinski definition) is 4. The van der Waals surface area contributed by atoms with Crippen molar-refractivity contribution in [2.45, 2.75) is 32.1 Å². The molecule has 1 aromatic carbocycles. The fourth-order valence-corrected chi connectivity index (χ4v) is 5.35. The van der Waals surface area contributed by atoms with Gasteiger partial charge in [0.2, 0.25) is 12.7 Å². The van der Waals surface area contributed by atoms with Crippen molar-refractivity contribution < 1.29 is 19.1 Å². The van der Waals surface area contributed by atoms with Crippen molar-refractivity contribution in [1.29, 1.82) is 0 Å². The number of hydrogen-bond donors (Lipinski definition) is 0. The number of fused-ring (bicyclic) bond motifs is 3. The SMILES string of the molecule is O=C(CC1CC2CCC1C2)N1CCN(C(=O)c2ccc3c(c2)OCO3)CC1. The number of amides is 2. The summed E-state index contributed by atoms with van der Waals surface area (Å²) in [6.45, 7) is 2.66. The van der Waals surface area contributed by atoms with E-state index in [0.717, 1.165) is 11.8 Å². The van der Waals surface area contributed by atoms with Gasteiger partial charge in [0.05, 0.1) is 0 Å². The summed E-state index contributed by atoms with van der Waals surface area (Å²) in [6, 6.07) is 5.31. The molecule has 2 aliphatic carbocycles. The molecule has 2 heterocycles. The first-order chi connectivity index (χ1) is 13.2. The molecule has 2 saturated carbocycles. The third kappa shape index (κ3) is 3.15. The summed E-state index contributed by atoms with van der Waals surface area (Å²) in [5.41, 5.74) is 0.612. The van der Waals surface area contributed by atoms with E-state index in [4.69, 9.17) is 9.47 Å². The van der Waals surface area contributed by atoms with Gasteiger partial charge in [-0.15, -0.1) is 0 Å². The highest BCUT2D eigenvalue weighted by Crippen LogP contribution is 2.49. The van der Waals surface area contributed by atoms with Crippen LogP contribution in [0.3, 0.4) is 0 Å². The molecule has 0 spiro atoms. The number of nitrogens with zero attached hydrogens (tertiary/aromatic N) is 2. The van der Waals surface area contributed by atoms with Crippen LogP contribution in [-0.4, -0.2) is 54.6 Å². The second kappa shape index (κ2) is 6.73. The van der Waals surface area contributed by atoms with Crippen LogP contribution in [0.15, 0.2) is 18.2 Å². The first-order valence-corrected chi connectivity index (χ1v) is 10.1. The lowest BCUT2D eigenvalue weighted by Crippen LogP contribution is -2.51. The maximum Gasteiger partial charge on any atom is 0.254 e. The van der Waals surface area contributed by atoms with E-state index in [-0.39, 0.29) is 18.6 Å². The van der Waals surface area contributed by atoms with Crippen LogP contribution in [0, 0.1) is 17.8 Å². The predicted octanol–water partition coefficient (Wildman–Crippen LogP) is 2.53. The van der Waals surface area contributed by atoms with Crippen molar-refractivity contribution in [2.24, 2.45) is 17.8 Å². The maximum absolute atomic E-state index is 12.8. The van der Waals surface area contributed by atoms with Gasteiger partial charge in [0.25, 0.3) is 5.91 Å². The minimum absolute atomic E-state index is 0.00602. The van der Waals surface area contributed by atoms with Crippen LogP contribution in [0.2, 0.25) is 0 Å². The van der Waals surface area contributed by atoms with Crippen molar-refractivity contribution in [2.75, 3.05) is 33.0 Å². The normalized spacial score (nSPS) is 28.7. The number of benzene rings is 1. The molecule has 3 atom stereocenters. The molecule has 5 rings (SSSR count). The van der Waals surface area contributed by atoms with Gasteiger partial charge in [-0.05, 0) is 55.2 Å². The average Bonchev–Trinajstić information content (AvgIpc) is 3.43. The van der Waals surface area contributed by atoms with Gasteiger partial charge in [-0.1, -0.05) is 6.42 Å². The summed E-state index contributed by atoms with van der Waals surface area (Å²) in [4.78, 5) is 29.3. The zero-order valence-electron chi connectivity index (χ0n) is 15.6. The summed E-state index contributed by atoms with van der Waals surface area (Å²) < 4.78 is 10.7. The van der Waals surface area contributed by atoms with E-state index in [0.29, 0.717) is 55.6 Å². The Morgan fingerprint density at radius 1 is 0.963 bits per heavy atom. The number of piperazine rings is 1. The Labute approximate surface area is 159 Å². The largest absolute Gasteiger partial charge is 0.454 e. The number of ether oxygens (including phenoxy) is 2. The molecule has 2 amide bonds. The molecule has 1 aromatic rings. The molecule has 4 aliphatic rings. The van der Waals surface area contributed by atoms with E-state index >= 15 is 0 Å². The quantitative estimate of drug-likeness (QED) is 0.820. The number of rotatable bonds is 3. The first-order valence-electron chi connectivity index (χ1n) is 10.1. The Morgan fingerprint density at radius 2 is 1.74 bits per heavy atom. The topological polar surface area (TPSA) is 59.1 Å². The molecule has 0 aromatic heterocycles. The van der Waals surface area contributed by atoms with Gasteiger partial charge in [0.15, 0.2) is 11.5 Å². The molecular weight excluding hydrogens is 344 g/mol. The van der Waals surface area contributed by atoms with Crippen LogP contribution < -0.4 is 9.47 Å². The van der Waals surface area contributed by atoms with E-state index in [2.05, 4.69) is 0 Å². The summed E-state index contributed by atoms with van der Waals surface area (Å²) in [6.07, 6.45) is 5.99. The zero-order chi connectivity index (χ0) is 18.4. The lowest BCUT2D eigenvalue weighted by molar-refractivity contribution is -0.134. The fraction of sp³-hybridized carbons (Fsp3) is 0.619. The van der Waals surface area contributed by atoms with Crippen LogP contribution in [0.25, 0.3) is 0 Å². The van der Waals surface area contributed by atoms with Gasteiger partial charge in [-0.25, -0.2) is 0 Å². The van der Waals surface area contributed by atoms with E-state index in [1.807, 2.05) is 9.80 Å². The molecule has 3 unspecified atom stereocenters. The van der Waals surface area contributed by atoms with Crippen LogP contribution >= 0.6 is 0 Å². The van der Waals surface area contributed by atoms with Gasteiger partial charge in [0, 0.05) is 38.2 Å². The Balaban J connectivity index is 1.15. The van der Waals surface area contributed by atoms with Crippen LogP contribution in [0.1, 0.15) is 42.5 Å². The highest BCUT2D eigenvalue weighted by Gasteiger charge is 2.40. The molecular formula is C21H26N2O4. The van der Waals surface area contributed by atoms with E-state index < -0.39 is 0 Å². The highest BCUT2D eigenvalue weighted by molar-refractivity contribution is 5.95. The van der Waals surface area contributed by atoms with E-state index in [1.54, 1.807) is 18.2 Å². The molecule has 0 radical (unpaired) electrons. The zero-order valence-corrected chi connectivity index (χ0v) is 15.6. The van der Waals surface area contributed by atoms with Gasteiger partial charge in [-0.2, -0.15) is 0 Å². The standard InChI is InChI=1S/C21H26N2O4/c24-20(12-17-10-14-1-2-15(17)9-14)22-5-7-23(8-6-22)21(25)16-3-4-18-19(11-16)27-13-26-18/h3-4,11,14-15,17H,1-2,5-10,12-13H2. The molecule has 2 bridgehead atoms. The Hall–Kier alpha value is -2.24. The van der Waals surface area contributed by atoms with Gasteiger partial charge >= 0.3 is 0 Å².